The molecular weight excluding hydrogens is 306 g/mol. The van der Waals surface area contributed by atoms with Gasteiger partial charge in [-0.25, -0.2) is 0 Å². The summed E-state index contributed by atoms with van der Waals surface area (Å²) in [6.07, 6.45) is -0.0604. The molecule has 2 nitrogen and oxygen atoms in total. The molecule has 2 heteroatoms. The van der Waals surface area contributed by atoms with Crippen molar-refractivity contribution in [3.63, 3.8) is 0 Å². The summed E-state index contributed by atoms with van der Waals surface area (Å²) in [6.45, 7) is 2.20. The molecule has 0 aliphatic rings. The first-order chi connectivity index (χ1) is 12.3. The van der Waals surface area contributed by atoms with Crippen LogP contribution in [0.2, 0.25) is 0 Å². The Morgan fingerprint density at radius 1 is 0.640 bits per heavy atom. The highest BCUT2D eigenvalue weighted by Gasteiger charge is 2.26. The Kier molecular flexibility index (Phi) is 5.99. The van der Waals surface area contributed by atoms with Gasteiger partial charge in [0.25, 0.3) is 0 Å². The summed E-state index contributed by atoms with van der Waals surface area (Å²) in [5.74, 6) is 0. The van der Waals surface area contributed by atoms with Gasteiger partial charge in [0.05, 0.1) is 6.04 Å². The van der Waals surface area contributed by atoms with Crippen LogP contribution in [0, 0.1) is 0 Å². The van der Waals surface area contributed by atoms with E-state index in [9.17, 15) is 0 Å². The molecule has 0 radical (unpaired) electrons. The number of rotatable bonds is 7. The fourth-order valence-electron chi connectivity index (χ4n) is 3.23. The molecule has 0 aliphatic carbocycles. The first kappa shape index (κ1) is 17.4. The van der Waals surface area contributed by atoms with Crippen molar-refractivity contribution in [3.8, 4) is 0 Å². The Bertz CT molecular complexity index is 743. The average Bonchev–Trinajstić information content (AvgIpc) is 2.70. The lowest BCUT2D eigenvalue weighted by Crippen LogP contribution is -2.30. The number of hydrogen-bond acceptors (Lipinski definition) is 2. The molecule has 3 atom stereocenters. The lowest BCUT2D eigenvalue weighted by molar-refractivity contribution is 0.0637. The zero-order valence-corrected chi connectivity index (χ0v) is 14.8. The fourth-order valence-corrected chi connectivity index (χ4v) is 3.23. The Morgan fingerprint density at radius 3 is 1.56 bits per heavy atom. The van der Waals surface area contributed by atoms with Gasteiger partial charge in [0, 0.05) is 13.2 Å². The van der Waals surface area contributed by atoms with Gasteiger partial charge in [-0.05, 0) is 23.6 Å². The van der Waals surface area contributed by atoms with Crippen LogP contribution in [0.4, 0.5) is 0 Å². The predicted octanol–water partition coefficient (Wildman–Crippen LogP) is 5.47. The van der Waals surface area contributed by atoms with Crippen molar-refractivity contribution in [2.75, 3.05) is 7.11 Å². The second-order valence-corrected chi connectivity index (χ2v) is 6.25. The van der Waals surface area contributed by atoms with Crippen LogP contribution in [0.3, 0.4) is 0 Å². The normalized spacial score (nSPS) is 14.6. The minimum atomic E-state index is -0.0604. The molecule has 25 heavy (non-hydrogen) atoms. The lowest BCUT2D eigenvalue weighted by Gasteiger charge is -2.31. The Hall–Kier alpha value is -2.42. The zero-order chi connectivity index (χ0) is 17.5. The highest BCUT2D eigenvalue weighted by molar-refractivity contribution is 5.28. The van der Waals surface area contributed by atoms with Crippen LogP contribution in [-0.2, 0) is 4.74 Å². The number of methoxy groups -OCH3 is 1. The van der Waals surface area contributed by atoms with E-state index in [0.717, 1.165) is 0 Å². The van der Waals surface area contributed by atoms with Crippen LogP contribution in [0.5, 0.6) is 0 Å². The lowest BCUT2D eigenvalue weighted by atomic mass is 9.94. The second-order valence-electron chi connectivity index (χ2n) is 6.25. The summed E-state index contributed by atoms with van der Waals surface area (Å²) in [5, 5.41) is 3.77. The predicted molar refractivity (Wildman–Crippen MR) is 103 cm³/mol. The van der Waals surface area contributed by atoms with Gasteiger partial charge >= 0.3 is 0 Å². The number of ether oxygens (including phenoxy) is 1. The quantitative estimate of drug-likeness (QED) is 0.620. The van der Waals surface area contributed by atoms with Crippen molar-refractivity contribution in [1.29, 1.82) is 0 Å². The Balaban J connectivity index is 1.92. The van der Waals surface area contributed by atoms with E-state index in [1.807, 2.05) is 18.2 Å². The summed E-state index contributed by atoms with van der Waals surface area (Å²) in [7, 11) is 1.78. The van der Waals surface area contributed by atoms with E-state index < -0.39 is 0 Å². The molecule has 0 unspecified atom stereocenters. The maximum absolute atomic E-state index is 5.93. The molecule has 128 valence electrons. The molecule has 0 aromatic heterocycles. The maximum Gasteiger partial charge on any atom is 0.102 e. The summed E-state index contributed by atoms with van der Waals surface area (Å²) >= 11 is 0. The largest absolute Gasteiger partial charge is 0.375 e. The molecule has 0 heterocycles. The fraction of sp³-hybridized carbons (Fsp3) is 0.217. The molecule has 0 spiro atoms. The molecule has 3 aromatic rings. The number of nitrogens with one attached hydrogen (secondary N) is 1. The molecule has 1 N–H and O–H groups in total. The second kappa shape index (κ2) is 8.61. The van der Waals surface area contributed by atoms with Crippen LogP contribution in [0.1, 0.15) is 41.8 Å². The van der Waals surface area contributed by atoms with Gasteiger partial charge in [0.1, 0.15) is 6.10 Å². The minimum absolute atomic E-state index is 0.0591. The van der Waals surface area contributed by atoms with E-state index in [1.54, 1.807) is 7.11 Å². The SMILES string of the molecule is CO[C@H](c1ccccc1)[C@@H](N[C@@H](C)c1ccccc1)c1ccccc1. The van der Waals surface area contributed by atoms with Crippen LogP contribution in [-0.4, -0.2) is 7.11 Å². The monoisotopic (exact) mass is 331 g/mol. The standard InChI is InChI=1S/C23H25NO/c1-18(19-12-6-3-7-13-19)24-22(20-14-8-4-9-15-20)23(25-2)21-16-10-5-11-17-21/h3-18,22-24H,1-2H3/t18-,22-,23+/m0/s1. The van der Waals surface area contributed by atoms with Gasteiger partial charge < -0.3 is 10.1 Å². The molecule has 3 rings (SSSR count). The molecular formula is C23H25NO. The Morgan fingerprint density at radius 2 is 1.08 bits per heavy atom. The van der Waals surface area contributed by atoms with Crippen molar-refractivity contribution in [1.82, 2.24) is 5.32 Å². The van der Waals surface area contributed by atoms with E-state index in [-0.39, 0.29) is 18.2 Å². The topological polar surface area (TPSA) is 21.3 Å². The highest BCUT2D eigenvalue weighted by Crippen LogP contribution is 2.33. The molecule has 0 aliphatic heterocycles. The van der Waals surface area contributed by atoms with Crippen LogP contribution in [0.15, 0.2) is 91.0 Å². The van der Waals surface area contributed by atoms with Crippen molar-refractivity contribution in [2.24, 2.45) is 0 Å². The summed E-state index contributed by atoms with van der Waals surface area (Å²) in [6, 6.07) is 31.7. The van der Waals surface area contributed by atoms with Crippen molar-refractivity contribution >= 4 is 0 Å². The zero-order valence-electron chi connectivity index (χ0n) is 14.8. The minimum Gasteiger partial charge on any atom is -0.375 e. The summed E-state index contributed by atoms with van der Waals surface area (Å²) in [4.78, 5) is 0. The third-order valence-corrected chi connectivity index (χ3v) is 4.57. The molecule has 3 aromatic carbocycles. The van der Waals surface area contributed by atoms with Gasteiger partial charge in [-0.15, -0.1) is 0 Å². The van der Waals surface area contributed by atoms with Crippen molar-refractivity contribution in [3.05, 3.63) is 108 Å². The van der Waals surface area contributed by atoms with Crippen LogP contribution >= 0.6 is 0 Å². The van der Waals surface area contributed by atoms with Crippen LogP contribution in [0.25, 0.3) is 0 Å². The number of hydrogen-bond donors (Lipinski definition) is 1. The number of benzene rings is 3. The summed E-state index contributed by atoms with van der Waals surface area (Å²) < 4.78 is 5.93. The van der Waals surface area contributed by atoms with E-state index in [1.165, 1.54) is 16.7 Å². The van der Waals surface area contributed by atoms with Crippen LogP contribution < -0.4 is 5.32 Å². The molecule has 0 bridgehead atoms. The van der Waals surface area contributed by atoms with E-state index in [4.69, 9.17) is 4.74 Å². The highest BCUT2D eigenvalue weighted by atomic mass is 16.5. The van der Waals surface area contributed by atoms with E-state index in [2.05, 4.69) is 85.0 Å². The third kappa shape index (κ3) is 4.36. The third-order valence-electron chi connectivity index (χ3n) is 4.57. The molecule has 0 saturated carbocycles. The van der Waals surface area contributed by atoms with Gasteiger partial charge in [-0.1, -0.05) is 91.0 Å². The van der Waals surface area contributed by atoms with Gasteiger partial charge in [0.2, 0.25) is 0 Å². The van der Waals surface area contributed by atoms with E-state index >= 15 is 0 Å². The maximum atomic E-state index is 5.93. The van der Waals surface area contributed by atoms with E-state index in [0.29, 0.717) is 0 Å². The van der Waals surface area contributed by atoms with Crippen molar-refractivity contribution < 1.29 is 4.74 Å². The smallest absolute Gasteiger partial charge is 0.102 e. The molecule has 0 fully saturated rings. The summed E-state index contributed by atoms with van der Waals surface area (Å²) in [5.41, 5.74) is 3.67. The first-order valence-electron chi connectivity index (χ1n) is 8.73. The molecule has 0 amide bonds. The Labute approximate surface area is 150 Å². The first-order valence-corrected chi connectivity index (χ1v) is 8.73. The average molecular weight is 331 g/mol. The van der Waals surface area contributed by atoms with Gasteiger partial charge in [-0.3, -0.25) is 0 Å². The van der Waals surface area contributed by atoms with Gasteiger partial charge in [0.15, 0.2) is 0 Å². The van der Waals surface area contributed by atoms with Gasteiger partial charge in [-0.2, -0.15) is 0 Å². The van der Waals surface area contributed by atoms with Crippen molar-refractivity contribution in [2.45, 2.75) is 25.1 Å². The molecule has 0 saturated heterocycles.